The molecule has 0 atom stereocenters. The van der Waals surface area contributed by atoms with Crippen LogP contribution in [0.15, 0.2) is 0 Å². The number of fused-ring (bicyclic) bond motifs is 1. The first-order valence-corrected chi connectivity index (χ1v) is 7.69. The molecule has 1 heterocycles. The number of sulfonamides is 1. The van der Waals surface area contributed by atoms with Gasteiger partial charge < -0.3 is 0 Å². The molecule has 5 nitrogen and oxygen atoms in total. The van der Waals surface area contributed by atoms with Gasteiger partial charge in [0.05, 0.1) is 18.0 Å². The van der Waals surface area contributed by atoms with E-state index in [2.05, 4.69) is 9.82 Å². The summed E-state index contributed by atoms with van der Waals surface area (Å²) < 4.78 is 27.3. The van der Waals surface area contributed by atoms with E-state index in [1.165, 1.54) is 24.1 Å². The van der Waals surface area contributed by atoms with Crippen LogP contribution in [0, 0.1) is 0 Å². The predicted molar refractivity (Wildman–Crippen MR) is 66.2 cm³/mol. The van der Waals surface area contributed by atoms with Crippen LogP contribution in [0.2, 0.25) is 0 Å². The Morgan fingerprint density at radius 2 is 2.06 bits per heavy atom. The highest BCUT2D eigenvalue weighted by Crippen LogP contribution is 2.23. The van der Waals surface area contributed by atoms with Gasteiger partial charge in [0.1, 0.15) is 0 Å². The standard InChI is InChI=1S/C11H19N3O2S/c1-3-17(15,16)12-8-10-9-6-4-5-7-11(9)14(2)13-10/h12H,3-8H2,1-2H3. The van der Waals surface area contributed by atoms with Crippen LogP contribution in [0.5, 0.6) is 0 Å². The lowest BCUT2D eigenvalue weighted by atomic mass is 9.96. The van der Waals surface area contributed by atoms with Crippen molar-refractivity contribution in [2.75, 3.05) is 5.75 Å². The molecule has 0 spiro atoms. The van der Waals surface area contributed by atoms with Crippen molar-refractivity contribution in [1.29, 1.82) is 0 Å². The molecule has 1 aliphatic carbocycles. The fourth-order valence-electron chi connectivity index (χ4n) is 2.28. The number of nitrogens with zero attached hydrogens (tertiary/aromatic N) is 2. The lowest BCUT2D eigenvalue weighted by Crippen LogP contribution is -2.25. The van der Waals surface area contributed by atoms with Gasteiger partial charge in [-0.2, -0.15) is 5.10 Å². The van der Waals surface area contributed by atoms with E-state index in [0.29, 0.717) is 6.54 Å². The van der Waals surface area contributed by atoms with Gasteiger partial charge in [0, 0.05) is 12.7 Å². The van der Waals surface area contributed by atoms with Crippen LogP contribution in [0.25, 0.3) is 0 Å². The molecular weight excluding hydrogens is 238 g/mol. The van der Waals surface area contributed by atoms with E-state index in [-0.39, 0.29) is 5.75 Å². The van der Waals surface area contributed by atoms with Crippen molar-refractivity contribution in [3.63, 3.8) is 0 Å². The minimum absolute atomic E-state index is 0.113. The molecule has 1 aliphatic rings. The molecule has 1 aromatic rings. The summed E-state index contributed by atoms with van der Waals surface area (Å²) in [7, 11) is -1.20. The average molecular weight is 257 g/mol. The second-order valence-corrected chi connectivity index (χ2v) is 6.52. The van der Waals surface area contributed by atoms with E-state index in [1.807, 2.05) is 11.7 Å². The zero-order valence-corrected chi connectivity index (χ0v) is 11.2. The number of aryl methyl sites for hydroxylation is 1. The van der Waals surface area contributed by atoms with Crippen molar-refractivity contribution < 1.29 is 8.42 Å². The molecule has 0 aromatic carbocycles. The largest absolute Gasteiger partial charge is 0.272 e. The molecule has 0 fully saturated rings. The molecule has 1 N–H and O–H groups in total. The molecule has 96 valence electrons. The van der Waals surface area contributed by atoms with Crippen LogP contribution < -0.4 is 4.72 Å². The highest BCUT2D eigenvalue weighted by atomic mass is 32.2. The third-order valence-electron chi connectivity index (χ3n) is 3.29. The molecule has 0 aliphatic heterocycles. The van der Waals surface area contributed by atoms with Gasteiger partial charge in [0.2, 0.25) is 10.0 Å². The van der Waals surface area contributed by atoms with E-state index in [0.717, 1.165) is 18.5 Å². The Morgan fingerprint density at radius 3 is 2.76 bits per heavy atom. The number of aromatic nitrogens is 2. The predicted octanol–water partition coefficient (Wildman–Crippen LogP) is 0.738. The molecule has 17 heavy (non-hydrogen) atoms. The van der Waals surface area contributed by atoms with Gasteiger partial charge in [0.25, 0.3) is 0 Å². The SMILES string of the molecule is CCS(=O)(=O)NCc1nn(C)c2c1CCCC2. The molecule has 1 aromatic heterocycles. The quantitative estimate of drug-likeness (QED) is 0.865. The van der Waals surface area contributed by atoms with Crippen LogP contribution in [-0.2, 0) is 36.5 Å². The number of hydrogen-bond donors (Lipinski definition) is 1. The van der Waals surface area contributed by atoms with E-state index in [4.69, 9.17) is 0 Å². The molecule has 6 heteroatoms. The maximum absolute atomic E-state index is 11.4. The Kier molecular flexibility index (Phi) is 3.53. The maximum Gasteiger partial charge on any atom is 0.211 e. The van der Waals surface area contributed by atoms with Crippen LogP contribution in [0.3, 0.4) is 0 Å². The summed E-state index contributed by atoms with van der Waals surface area (Å²) in [5.41, 5.74) is 3.40. The Bertz CT molecular complexity index is 505. The van der Waals surface area contributed by atoms with Gasteiger partial charge in [-0.3, -0.25) is 4.68 Å². The molecule has 0 saturated carbocycles. The van der Waals surface area contributed by atoms with E-state index >= 15 is 0 Å². The smallest absolute Gasteiger partial charge is 0.211 e. The summed E-state index contributed by atoms with van der Waals surface area (Å²) in [6, 6.07) is 0. The third-order valence-corrected chi connectivity index (χ3v) is 4.63. The fraction of sp³-hybridized carbons (Fsp3) is 0.727. The zero-order valence-electron chi connectivity index (χ0n) is 10.4. The number of hydrogen-bond acceptors (Lipinski definition) is 3. The lowest BCUT2D eigenvalue weighted by molar-refractivity contribution is 0.580. The van der Waals surface area contributed by atoms with Crippen molar-refractivity contribution in [2.45, 2.75) is 39.2 Å². The number of rotatable bonds is 4. The molecule has 0 bridgehead atoms. The van der Waals surface area contributed by atoms with E-state index in [1.54, 1.807) is 6.92 Å². The molecule has 2 rings (SSSR count). The van der Waals surface area contributed by atoms with Crippen molar-refractivity contribution in [3.05, 3.63) is 17.0 Å². The Labute approximate surface area is 102 Å². The fourth-order valence-corrected chi connectivity index (χ4v) is 2.84. The second kappa shape index (κ2) is 4.78. The monoisotopic (exact) mass is 257 g/mol. The summed E-state index contributed by atoms with van der Waals surface area (Å²) in [5, 5.41) is 4.42. The normalized spacial score (nSPS) is 15.9. The number of nitrogens with one attached hydrogen (secondary N) is 1. The second-order valence-electron chi connectivity index (χ2n) is 4.43. The first-order chi connectivity index (χ1) is 8.03. The lowest BCUT2D eigenvalue weighted by Gasteiger charge is -2.12. The van der Waals surface area contributed by atoms with Crippen LogP contribution >= 0.6 is 0 Å². The van der Waals surface area contributed by atoms with Crippen molar-refractivity contribution in [2.24, 2.45) is 7.05 Å². The molecule has 0 unspecified atom stereocenters. The van der Waals surface area contributed by atoms with Crippen molar-refractivity contribution in [3.8, 4) is 0 Å². The maximum atomic E-state index is 11.4. The van der Waals surface area contributed by atoms with Gasteiger partial charge in [-0.15, -0.1) is 0 Å². The Hall–Kier alpha value is -0.880. The van der Waals surface area contributed by atoms with Crippen molar-refractivity contribution >= 4 is 10.0 Å². The first kappa shape index (κ1) is 12.6. The average Bonchev–Trinajstić information content (AvgIpc) is 2.65. The van der Waals surface area contributed by atoms with Gasteiger partial charge in [-0.25, -0.2) is 13.1 Å². The van der Waals surface area contributed by atoms with Crippen LogP contribution in [0.4, 0.5) is 0 Å². The molecular formula is C11H19N3O2S. The van der Waals surface area contributed by atoms with Crippen molar-refractivity contribution in [1.82, 2.24) is 14.5 Å². The van der Waals surface area contributed by atoms with Gasteiger partial charge in [-0.05, 0) is 38.2 Å². The molecule has 0 amide bonds. The van der Waals surface area contributed by atoms with Crippen LogP contribution in [-0.4, -0.2) is 24.0 Å². The Balaban J connectivity index is 2.17. The molecule has 0 radical (unpaired) electrons. The van der Waals surface area contributed by atoms with E-state index in [9.17, 15) is 8.42 Å². The minimum Gasteiger partial charge on any atom is -0.272 e. The third kappa shape index (κ3) is 2.69. The summed E-state index contributed by atoms with van der Waals surface area (Å²) in [4.78, 5) is 0. The van der Waals surface area contributed by atoms with Crippen LogP contribution in [0.1, 0.15) is 36.7 Å². The first-order valence-electron chi connectivity index (χ1n) is 6.04. The molecule has 0 saturated heterocycles. The minimum atomic E-state index is -3.13. The summed E-state index contributed by atoms with van der Waals surface area (Å²) >= 11 is 0. The highest BCUT2D eigenvalue weighted by molar-refractivity contribution is 7.89. The topological polar surface area (TPSA) is 64.0 Å². The summed E-state index contributed by atoms with van der Waals surface area (Å²) in [6.07, 6.45) is 4.45. The van der Waals surface area contributed by atoms with E-state index < -0.39 is 10.0 Å². The summed E-state index contributed by atoms with van der Waals surface area (Å²) in [5.74, 6) is 0.113. The van der Waals surface area contributed by atoms with Gasteiger partial charge in [-0.1, -0.05) is 0 Å². The Morgan fingerprint density at radius 1 is 1.35 bits per heavy atom. The summed E-state index contributed by atoms with van der Waals surface area (Å²) in [6.45, 7) is 1.95. The van der Waals surface area contributed by atoms with Gasteiger partial charge >= 0.3 is 0 Å². The highest BCUT2D eigenvalue weighted by Gasteiger charge is 2.19. The van der Waals surface area contributed by atoms with Gasteiger partial charge in [0.15, 0.2) is 0 Å². The zero-order chi connectivity index (χ0) is 12.5.